The maximum Gasteiger partial charge on any atom is 0.326 e. The molecule has 1 rings (SSSR count). The highest BCUT2D eigenvalue weighted by atomic mass is 32.1. The molecule has 1 aromatic rings. The third-order valence-electron chi connectivity index (χ3n) is 2.45. The largest absolute Gasteiger partial charge is 0.480 e. The third-order valence-corrected chi connectivity index (χ3v) is 3.38. The lowest BCUT2D eigenvalue weighted by molar-refractivity contribution is -0.140. The van der Waals surface area contributed by atoms with Crippen LogP contribution in [0.25, 0.3) is 0 Å². The normalized spacial score (nSPS) is 12.2. The number of carbonyl (C=O) groups is 3. The van der Waals surface area contributed by atoms with E-state index in [9.17, 15) is 14.4 Å². The molecule has 0 aromatic carbocycles. The Labute approximate surface area is 109 Å². The Hall–Kier alpha value is -1.69. The van der Waals surface area contributed by atoms with Crippen molar-refractivity contribution in [1.29, 1.82) is 0 Å². The van der Waals surface area contributed by atoms with Crippen molar-refractivity contribution in [1.82, 2.24) is 5.32 Å². The second kappa shape index (κ2) is 5.77. The van der Waals surface area contributed by atoms with Gasteiger partial charge in [-0.2, -0.15) is 0 Å². The highest BCUT2D eigenvalue weighted by Crippen LogP contribution is 2.16. The molecular weight excluding hydrogens is 254 g/mol. The highest BCUT2D eigenvalue weighted by molar-refractivity contribution is 7.12. The summed E-state index contributed by atoms with van der Waals surface area (Å²) < 4.78 is 0. The van der Waals surface area contributed by atoms with Gasteiger partial charge in [0.1, 0.15) is 6.04 Å². The van der Waals surface area contributed by atoms with Crippen LogP contribution in [0, 0.1) is 5.92 Å². The monoisotopic (exact) mass is 269 g/mol. The van der Waals surface area contributed by atoms with Crippen molar-refractivity contribution in [2.75, 3.05) is 0 Å². The number of hydrogen-bond donors (Lipinski definition) is 2. The van der Waals surface area contributed by atoms with Crippen LogP contribution >= 0.6 is 11.3 Å². The molecule has 0 aliphatic carbocycles. The number of carboxylic acids is 1. The molecule has 0 saturated heterocycles. The number of hydrogen-bond acceptors (Lipinski definition) is 4. The zero-order chi connectivity index (χ0) is 13.9. The topological polar surface area (TPSA) is 83.5 Å². The van der Waals surface area contributed by atoms with Crippen molar-refractivity contribution in [2.45, 2.75) is 26.8 Å². The summed E-state index contributed by atoms with van der Waals surface area (Å²) in [5.41, 5.74) is 0.460. The van der Waals surface area contributed by atoms with Gasteiger partial charge in [0.15, 0.2) is 5.78 Å². The third kappa shape index (κ3) is 3.40. The van der Waals surface area contributed by atoms with Crippen LogP contribution in [0.5, 0.6) is 0 Å². The first-order chi connectivity index (χ1) is 8.32. The number of rotatable bonds is 5. The fraction of sp³-hybridized carbons (Fsp3) is 0.417. The number of amides is 1. The van der Waals surface area contributed by atoms with Crippen LogP contribution < -0.4 is 5.32 Å². The first kappa shape index (κ1) is 14.4. The molecule has 18 heavy (non-hydrogen) atoms. The van der Waals surface area contributed by atoms with Crippen molar-refractivity contribution in [3.63, 3.8) is 0 Å². The number of ketones is 1. The SMILES string of the molecule is CC(=O)c1csc(C(=O)NC(C(=O)O)C(C)C)c1. The van der Waals surface area contributed by atoms with E-state index in [0.717, 1.165) is 11.3 Å². The van der Waals surface area contributed by atoms with Crippen LogP contribution in [0.2, 0.25) is 0 Å². The molecule has 5 nitrogen and oxygen atoms in total. The molecule has 1 atom stereocenters. The molecule has 1 unspecified atom stereocenters. The van der Waals surface area contributed by atoms with Gasteiger partial charge in [-0.3, -0.25) is 9.59 Å². The molecule has 2 N–H and O–H groups in total. The van der Waals surface area contributed by atoms with E-state index in [4.69, 9.17) is 5.11 Å². The molecule has 0 saturated carbocycles. The Morgan fingerprint density at radius 1 is 1.33 bits per heavy atom. The summed E-state index contributed by atoms with van der Waals surface area (Å²) in [6.45, 7) is 4.85. The van der Waals surface area contributed by atoms with E-state index in [2.05, 4.69) is 5.32 Å². The molecule has 0 aliphatic rings. The molecule has 0 spiro atoms. The Balaban J connectivity index is 2.80. The maximum atomic E-state index is 11.8. The fourth-order valence-corrected chi connectivity index (χ4v) is 2.21. The summed E-state index contributed by atoms with van der Waals surface area (Å²) in [6.07, 6.45) is 0. The lowest BCUT2D eigenvalue weighted by Gasteiger charge is -2.17. The van der Waals surface area contributed by atoms with E-state index in [-0.39, 0.29) is 11.7 Å². The molecule has 0 radical (unpaired) electrons. The van der Waals surface area contributed by atoms with Crippen LogP contribution in [0.15, 0.2) is 11.4 Å². The van der Waals surface area contributed by atoms with Crippen LogP contribution in [-0.4, -0.2) is 28.8 Å². The van der Waals surface area contributed by atoms with E-state index < -0.39 is 17.9 Å². The summed E-state index contributed by atoms with van der Waals surface area (Å²) in [7, 11) is 0. The molecule has 0 aliphatic heterocycles. The fourth-order valence-electron chi connectivity index (χ4n) is 1.37. The predicted molar refractivity (Wildman–Crippen MR) is 68.1 cm³/mol. The van der Waals surface area contributed by atoms with Crippen LogP contribution in [0.3, 0.4) is 0 Å². The van der Waals surface area contributed by atoms with E-state index in [1.807, 2.05) is 0 Å². The van der Waals surface area contributed by atoms with Gasteiger partial charge in [-0.15, -0.1) is 11.3 Å². The first-order valence-corrected chi connectivity index (χ1v) is 6.34. The lowest BCUT2D eigenvalue weighted by Crippen LogP contribution is -2.44. The molecule has 1 heterocycles. The average Bonchev–Trinajstić information content (AvgIpc) is 2.73. The molecule has 6 heteroatoms. The number of carboxylic acid groups (broad SMARTS) is 1. The van der Waals surface area contributed by atoms with E-state index in [1.165, 1.54) is 13.0 Å². The van der Waals surface area contributed by atoms with Crippen molar-refractivity contribution in [3.05, 3.63) is 21.9 Å². The second-order valence-electron chi connectivity index (χ2n) is 4.29. The standard InChI is InChI=1S/C12H15NO4S/c1-6(2)10(12(16)17)13-11(15)9-4-8(5-18-9)7(3)14/h4-6,10H,1-3H3,(H,13,15)(H,16,17). The van der Waals surface area contributed by atoms with Gasteiger partial charge in [0, 0.05) is 10.9 Å². The highest BCUT2D eigenvalue weighted by Gasteiger charge is 2.24. The van der Waals surface area contributed by atoms with E-state index in [0.29, 0.717) is 10.4 Å². The number of aliphatic carboxylic acids is 1. The zero-order valence-corrected chi connectivity index (χ0v) is 11.2. The summed E-state index contributed by atoms with van der Waals surface area (Å²) in [5, 5.41) is 13.0. The van der Waals surface area contributed by atoms with Gasteiger partial charge in [0.2, 0.25) is 0 Å². The van der Waals surface area contributed by atoms with Crippen LogP contribution in [-0.2, 0) is 4.79 Å². The van der Waals surface area contributed by atoms with E-state index in [1.54, 1.807) is 19.2 Å². The Bertz CT molecular complexity index is 478. The predicted octanol–water partition coefficient (Wildman–Crippen LogP) is 1.79. The van der Waals surface area contributed by atoms with Gasteiger partial charge in [0.05, 0.1) is 4.88 Å². The van der Waals surface area contributed by atoms with Crippen molar-refractivity contribution < 1.29 is 19.5 Å². The summed E-state index contributed by atoms with van der Waals surface area (Å²) in [4.78, 5) is 34.2. The Kier molecular flexibility index (Phi) is 4.61. The zero-order valence-electron chi connectivity index (χ0n) is 10.4. The molecule has 1 amide bonds. The number of carbonyl (C=O) groups excluding carboxylic acids is 2. The molecule has 98 valence electrons. The number of Topliss-reactive ketones (excluding diaryl/α,β-unsaturated/α-hetero) is 1. The smallest absolute Gasteiger partial charge is 0.326 e. The van der Waals surface area contributed by atoms with Crippen molar-refractivity contribution in [3.8, 4) is 0 Å². The van der Waals surface area contributed by atoms with Gasteiger partial charge < -0.3 is 10.4 Å². The number of thiophene rings is 1. The van der Waals surface area contributed by atoms with Gasteiger partial charge in [0.25, 0.3) is 5.91 Å². The average molecular weight is 269 g/mol. The van der Waals surface area contributed by atoms with Gasteiger partial charge in [-0.25, -0.2) is 4.79 Å². The van der Waals surface area contributed by atoms with Crippen molar-refractivity contribution >= 4 is 29.0 Å². The van der Waals surface area contributed by atoms with Crippen LogP contribution in [0.1, 0.15) is 40.8 Å². The van der Waals surface area contributed by atoms with Gasteiger partial charge in [-0.05, 0) is 18.9 Å². The summed E-state index contributed by atoms with van der Waals surface area (Å²) in [5.74, 6) is -1.86. The maximum absolute atomic E-state index is 11.8. The van der Waals surface area contributed by atoms with E-state index >= 15 is 0 Å². The van der Waals surface area contributed by atoms with Crippen LogP contribution in [0.4, 0.5) is 0 Å². The second-order valence-corrected chi connectivity index (χ2v) is 5.20. The lowest BCUT2D eigenvalue weighted by atomic mass is 10.0. The molecular formula is C12H15NO4S. The molecule has 0 bridgehead atoms. The minimum Gasteiger partial charge on any atom is -0.480 e. The van der Waals surface area contributed by atoms with Gasteiger partial charge in [-0.1, -0.05) is 13.8 Å². The Morgan fingerprint density at radius 3 is 2.33 bits per heavy atom. The Morgan fingerprint density at radius 2 is 1.94 bits per heavy atom. The minimum atomic E-state index is -1.07. The summed E-state index contributed by atoms with van der Waals surface area (Å²) in [6, 6.07) is 0.544. The van der Waals surface area contributed by atoms with Gasteiger partial charge >= 0.3 is 5.97 Å². The summed E-state index contributed by atoms with van der Waals surface area (Å²) >= 11 is 1.13. The molecule has 1 aromatic heterocycles. The minimum absolute atomic E-state index is 0.121. The number of nitrogens with one attached hydrogen (secondary N) is 1. The molecule has 0 fully saturated rings. The quantitative estimate of drug-likeness (QED) is 0.798. The first-order valence-electron chi connectivity index (χ1n) is 5.46. The van der Waals surface area contributed by atoms with Crippen molar-refractivity contribution in [2.24, 2.45) is 5.92 Å².